The van der Waals surface area contributed by atoms with E-state index >= 15 is 0 Å². The first-order chi connectivity index (χ1) is 15.3. The van der Waals surface area contributed by atoms with Crippen LogP contribution >= 0.6 is 11.6 Å². The molecule has 0 aliphatic carbocycles. The molecule has 0 aromatic heterocycles. The largest absolute Gasteiger partial charge is 0.479 e. The fraction of sp³-hybridized carbons (Fsp3) is 0.409. The molecule has 9 nitrogen and oxygen atoms in total. The van der Waals surface area contributed by atoms with Crippen molar-refractivity contribution >= 4 is 17.6 Å². The van der Waals surface area contributed by atoms with Crippen molar-refractivity contribution in [1.82, 2.24) is 5.32 Å². The number of rotatable bonds is 15. The first-order valence-corrected chi connectivity index (χ1v) is 10.6. The zero-order valence-corrected chi connectivity index (χ0v) is 18.2. The second-order valence-corrected chi connectivity index (χ2v) is 7.60. The minimum atomic E-state index is -1.09. The molecule has 0 spiro atoms. The molecule has 0 saturated heterocycles. The van der Waals surface area contributed by atoms with E-state index in [2.05, 4.69) is 10.2 Å². The van der Waals surface area contributed by atoms with Crippen molar-refractivity contribution in [3.8, 4) is 5.75 Å². The van der Waals surface area contributed by atoms with Crippen LogP contribution in [0.15, 0.2) is 48.5 Å². The maximum Gasteiger partial charge on any atom is 0.344 e. The third-order valence-electron chi connectivity index (χ3n) is 4.70. The SMILES string of the molecule is O=C(O)C(CCCCO[N+](=O)[O-])Oc1ccc(CCNCC(O)c2cccc(Cl)c2)cc1. The molecule has 0 saturated carbocycles. The molecule has 0 aliphatic rings. The molecular formula is C22H27ClN2O7. The molecule has 0 fully saturated rings. The second-order valence-electron chi connectivity index (χ2n) is 7.17. The van der Waals surface area contributed by atoms with E-state index in [-0.39, 0.29) is 13.0 Å². The van der Waals surface area contributed by atoms with Crippen LogP contribution in [0.1, 0.15) is 36.5 Å². The molecule has 10 heteroatoms. The van der Waals surface area contributed by atoms with Crippen LogP contribution in [0, 0.1) is 10.1 Å². The average molecular weight is 467 g/mol. The summed E-state index contributed by atoms with van der Waals surface area (Å²) in [5, 5.41) is 32.5. The van der Waals surface area contributed by atoms with E-state index in [4.69, 9.17) is 16.3 Å². The Labute approximate surface area is 191 Å². The molecule has 0 aliphatic heterocycles. The molecule has 2 rings (SSSR count). The van der Waals surface area contributed by atoms with Crippen LogP contribution < -0.4 is 10.1 Å². The standard InChI is InChI=1S/C22H27ClN2O7/c23-18-5-3-4-17(14-18)20(26)15-24-12-11-16-7-9-19(10-8-16)32-21(22(27)28)6-1-2-13-31-25(29)30/h3-5,7-10,14,20-21,24,26H,1-2,6,11-13,15H2,(H,27,28). The van der Waals surface area contributed by atoms with Crippen LogP contribution in [-0.2, 0) is 16.1 Å². The molecule has 174 valence electrons. The highest BCUT2D eigenvalue weighted by atomic mass is 35.5. The van der Waals surface area contributed by atoms with Gasteiger partial charge in [-0.3, -0.25) is 0 Å². The van der Waals surface area contributed by atoms with Crippen LogP contribution in [0.4, 0.5) is 0 Å². The molecular weight excluding hydrogens is 440 g/mol. The van der Waals surface area contributed by atoms with Gasteiger partial charge in [-0.1, -0.05) is 35.9 Å². The number of aliphatic carboxylic acids is 1. The topological polar surface area (TPSA) is 131 Å². The van der Waals surface area contributed by atoms with Crippen molar-refractivity contribution < 1.29 is 29.7 Å². The molecule has 32 heavy (non-hydrogen) atoms. The third kappa shape index (κ3) is 9.51. The van der Waals surface area contributed by atoms with Gasteiger partial charge in [0.25, 0.3) is 5.09 Å². The Morgan fingerprint density at radius 3 is 2.59 bits per heavy atom. The Morgan fingerprint density at radius 1 is 1.19 bits per heavy atom. The number of hydrogen-bond donors (Lipinski definition) is 3. The van der Waals surface area contributed by atoms with Gasteiger partial charge in [0.05, 0.1) is 12.7 Å². The third-order valence-corrected chi connectivity index (χ3v) is 4.93. The van der Waals surface area contributed by atoms with Crippen LogP contribution in [0.3, 0.4) is 0 Å². The second kappa shape index (κ2) is 13.5. The Morgan fingerprint density at radius 2 is 1.94 bits per heavy atom. The first kappa shape index (κ1) is 25.4. The molecule has 2 aromatic rings. The molecule has 0 amide bonds. The lowest BCUT2D eigenvalue weighted by Crippen LogP contribution is -2.27. The fourth-order valence-electron chi connectivity index (χ4n) is 3.01. The highest BCUT2D eigenvalue weighted by molar-refractivity contribution is 6.30. The summed E-state index contributed by atoms with van der Waals surface area (Å²) in [6.45, 7) is 0.981. The molecule has 3 N–H and O–H groups in total. The van der Waals surface area contributed by atoms with Crippen molar-refractivity contribution in [2.75, 3.05) is 19.7 Å². The molecule has 0 bridgehead atoms. The number of nitrogens with zero attached hydrogens (tertiary/aromatic N) is 1. The fourth-order valence-corrected chi connectivity index (χ4v) is 3.20. The normalized spacial score (nSPS) is 12.7. The maximum atomic E-state index is 11.4. The van der Waals surface area contributed by atoms with Crippen LogP contribution in [0.2, 0.25) is 5.02 Å². The van der Waals surface area contributed by atoms with Gasteiger partial charge in [-0.2, -0.15) is 0 Å². The number of carboxylic acid groups (broad SMARTS) is 1. The molecule has 2 aromatic carbocycles. The average Bonchev–Trinajstić information content (AvgIpc) is 2.76. The van der Waals surface area contributed by atoms with E-state index in [0.717, 1.165) is 17.5 Å². The van der Waals surface area contributed by atoms with Gasteiger partial charge in [-0.25, -0.2) is 4.79 Å². The zero-order valence-electron chi connectivity index (χ0n) is 17.5. The van der Waals surface area contributed by atoms with Gasteiger partial charge in [-0.05, 0) is 67.6 Å². The van der Waals surface area contributed by atoms with Gasteiger partial charge in [0.15, 0.2) is 6.10 Å². The lowest BCUT2D eigenvalue weighted by Gasteiger charge is -2.15. The van der Waals surface area contributed by atoms with Crippen molar-refractivity contribution in [2.45, 2.75) is 37.9 Å². The van der Waals surface area contributed by atoms with Gasteiger partial charge < -0.3 is 25.1 Å². The number of ether oxygens (including phenoxy) is 1. The van der Waals surface area contributed by atoms with Gasteiger partial charge in [0.1, 0.15) is 5.75 Å². The number of carboxylic acids is 1. The number of unbranched alkanes of at least 4 members (excludes halogenated alkanes) is 1. The summed E-state index contributed by atoms with van der Waals surface area (Å²) in [7, 11) is 0. The number of hydrogen-bond acceptors (Lipinski definition) is 7. The summed E-state index contributed by atoms with van der Waals surface area (Å²) in [4.78, 5) is 25.7. The monoisotopic (exact) mass is 466 g/mol. The Bertz CT molecular complexity index is 864. The van der Waals surface area contributed by atoms with Gasteiger partial charge in [-0.15, -0.1) is 10.1 Å². The first-order valence-electron chi connectivity index (χ1n) is 10.2. The summed E-state index contributed by atoms with van der Waals surface area (Å²) in [5.74, 6) is -0.654. The smallest absolute Gasteiger partial charge is 0.344 e. The zero-order chi connectivity index (χ0) is 23.3. The summed E-state index contributed by atoms with van der Waals surface area (Å²) < 4.78 is 5.54. The van der Waals surface area contributed by atoms with E-state index in [1.807, 2.05) is 18.2 Å². The molecule has 2 unspecified atom stereocenters. The van der Waals surface area contributed by atoms with E-state index < -0.39 is 23.3 Å². The molecule has 0 heterocycles. The van der Waals surface area contributed by atoms with Gasteiger partial charge in [0.2, 0.25) is 0 Å². The van der Waals surface area contributed by atoms with Gasteiger partial charge in [0, 0.05) is 11.6 Å². The Kier molecular flexibility index (Phi) is 10.7. The number of carbonyl (C=O) groups is 1. The number of aliphatic hydroxyl groups excluding tert-OH is 1. The van der Waals surface area contributed by atoms with Crippen molar-refractivity contribution in [2.24, 2.45) is 0 Å². The number of halogens is 1. The van der Waals surface area contributed by atoms with Crippen LogP contribution in [-0.4, -0.2) is 47.1 Å². The van der Waals surface area contributed by atoms with Gasteiger partial charge >= 0.3 is 5.97 Å². The minimum absolute atomic E-state index is 0.0712. The lowest BCUT2D eigenvalue weighted by atomic mass is 10.1. The Hall–Kier alpha value is -2.88. The molecule has 0 radical (unpaired) electrons. The predicted molar refractivity (Wildman–Crippen MR) is 118 cm³/mol. The quantitative estimate of drug-likeness (QED) is 0.207. The highest BCUT2D eigenvalue weighted by Crippen LogP contribution is 2.18. The van der Waals surface area contributed by atoms with E-state index in [9.17, 15) is 25.1 Å². The van der Waals surface area contributed by atoms with Crippen molar-refractivity contribution in [3.05, 3.63) is 74.8 Å². The summed E-state index contributed by atoms with van der Waals surface area (Å²) in [5.41, 5.74) is 1.79. The van der Waals surface area contributed by atoms with Crippen molar-refractivity contribution in [3.63, 3.8) is 0 Å². The van der Waals surface area contributed by atoms with E-state index in [1.165, 1.54) is 0 Å². The predicted octanol–water partition coefficient (Wildman–Crippen LogP) is 3.42. The van der Waals surface area contributed by atoms with E-state index in [1.54, 1.807) is 30.3 Å². The van der Waals surface area contributed by atoms with Crippen molar-refractivity contribution in [1.29, 1.82) is 0 Å². The summed E-state index contributed by atoms with van der Waals surface area (Å²) in [6, 6.07) is 14.2. The number of aliphatic hydroxyl groups is 1. The van der Waals surface area contributed by atoms with E-state index in [0.29, 0.717) is 36.7 Å². The summed E-state index contributed by atoms with van der Waals surface area (Å²) >= 11 is 5.94. The Balaban J connectivity index is 1.71. The number of nitrogens with one attached hydrogen (secondary N) is 1. The summed E-state index contributed by atoms with van der Waals surface area (Å²) in [6.07, 6.45) is 0.0506. The minimum Gasteiger partial charge on any atom is -0.479 e. The highest BCUT2D eigenvalue weighted by Gasteiger charge is 2.19. The van der Waals surface area contributed by atoms with Crippen LogP contribution in [0.5, 0.6) is 5.75 Å². The molecule has 2 atom stereocenters. The lowest BCUT2D eigenvalue weighted by molar-refractivity contribution is -0.757. The maximum absolute atomic E-state index is 11.4. The van der Waals surface area contributed by atoms with Crippen LogP contribution in [0.25, 0.3) is 0 Å². The number of benzene rings is 2.